The molecule has 5 rings (SSSR count). The highest BCUT2D eigenvalue weighted by Crippen LogP contribution is 2.41. The van der Waals surface area contributed by atoms with Crippen LogP contribution in [-0.2, 0) is 29.8 Å². The highest BCUT2D eigenvalue weighted by atomic mass is 32.2. The first kappa shape index (κ1) is 20.6. The molecule has 0 atom stereocenters. The van der Waals surface area contributed by atoms with Crippen molar-refractivity contribution in [1.82, 2.24) is 15.0 Å². The number of aryl methyl sites for hydroxylation is 3. The molecule has 0 spiro atoms. The van der Waals surface area contributed by atoms with E-state index in [1.165, 1.54) is 33.6 Å². The standard InChI is InChI=1S/C23H22N4OS3/c1-3-15-7-4-5-9-18(15)27(14(2)28)23-26-16(12-30-23)11-29-21-20-17-8-6-10-19(17)31-22(20)25-13-24-21/h4-5,7,9,12-13H,3,6,8,10-11H2,1-2H3. The van der Waals surface area contributed by atoms with E-state index in [0.717, 1.165) is 46.1 Å². The Bertz CT molecular complexity index is 1260. The lowest BCUT2D eigenvalue weighted by Gasteiger charge is -2.20. The lowest BCUT2D eigenvalue weighted by molar-refractivity contribution is -0.115. The van der Waals surface area contributed by atoms with Crippen molar-refractivity contribution in [3.05, 3.63) is 57.7 Å². The first-order valence-electron chi connectivity index (χ1n) is 10.4. The number of carbonyl (C=O) groups is 1. The van der Waals surface area contributed by atoms with Gasteiger partial charge in [-0.25, -0.2) is 15.0 Å². The predicted molar refractivity (Wildman–Crippen MR) is 130 cm³/mol. The Balaban J connectivity index is 1.40. The summed E-state index contributed by atoms with van der Waals surface area (Å²) in [6, 6.07) is 8.03. The number of carbonyl (C=O) groups excluding carboxylic acids is 1. The number of thiazole rings is 1. The molecule has 0 fully saturated rings. The average molecular weight is 467 g/mol. The molecular formula is C23H22N4OS3. The molecule has 0 unspecified atom stereocenters. The number of hydrogen-bond acceptors (Lipinski definition) is 7. The molecule has 0 aliphatic heterocycles. The zero-order chi connectivity index (χ0) is 21.4. The zero-order valence-electron chi connectivity index (χ0n) is 17.4. The molecule has 0 N–H and O–H groups in total. The van der Waals surface area contributed by atoms with E-state index >= 15 is 0 Å². The number of anilines is 2. The molecule has 8 heteroatoms. The third kappa shape index (κ3) is 3.88. The van der Waals surface area contributed by atoms with Crippen LogP contribution in [0.2, 0.25) is 0 Å². The highest BCUT2D eigenvalue weighted by molar-refractivity contribution is 7.98. The topological polar surface area (TPSA) is 59.0 Å². The van der Waals surface area contributed by atoms with Crippen LogP contribution in [0.15, 0.2) is 41.0 Å². The van der Waals surface area contributed by atoms with Crippen LogP contribution in [0.1, 0.15) is 42.0 Å². The molecule has 1 aliphatic rings. The second-order valence-electron chi connectivity index (χ2n) is 7.46. The summed E-state index contributed by atoms with van der Waals surface area (Å²) >= 11 is 5.03. The molecular weight excluding hydrogens is 444 g/mol. The minimum atomic E-state index is -0.0270. The van der Waals surface area contributed by atoms with Crippen LogP contribution in [0, 0.1) is 0 Å². The van der Waals surface area contributed by atoms with Gasteiger partial charge in [0.25, 0.3) is 0 Å². The maximum absolute atomic E-state index is 12.5. The second-order valence-corrected chi connectivity index (χ2v) is 10.3. The molecule has 158 valence electrons. The Morgan fingerprint density at radius 1 is 1.23 bits per heavy atom. The van der Waals surface area contributed by atoms with E-state index in [4.69, 9.17) is 4.98 Å². The smallest absolute Gasteiger partial charge is 0.230 e. The quantitative estimate of drug-likeness (QED) is 0.251. The maximum atomic E-state index is 12.5. The van der Waals surface area contributed by atoms with Crippen molar-refractivity contribution >= 4 is 61.4 Å². The van der Waals surface area contributed by atoms with Gasteiger partial charge in [-0.3, -0.25) is 9.69 Å². The minimum Gasteiger partial charge on any atom is -0.274 e. The Kier molecular flexibility index (Phi) is 5.77. The fourth-order valence-corrected chi connectivity index (χ4v) is 7.25. The lowest BCUT2D eigenvalue weighted by Crippen LogP contribution is -2.23. The number of thioether (sulfide) groups is 1. The summed E-state index contributed by atoms with van der Waals surface area (Å²) in [6.45, 7) is 3.70. The zero-order valence-corrected chi connectivity index (χ0v) is 19.9. The summed E-state index contributed by atoms with van der Waals surface area (Å²) < 4.78 is 0. The van der Waals surface area contributed by atoms with Crippen molar-refractivity contribution in [3.8, 4) is 0 Å². The molecule has 31 heavy (non-hydrogen) atoms. The van der Waals surface area contributed by atoms with Gasteiger partial charge in [0.2, 0.25) is 5.91 Å². The summed E-state index contributed by atoms with van der Waals surface area (Å²) in [5, 5.41) is 5.04. The molecule has 0 bridgehead atoms. The van der Waals surface area contributed by atoms with Crippen LogP contribution >= 0.6 is 34.4 Å². The Labute approximate surface area is 193 Å². The van der Waals surface area contributed by atoms with Crippen molar-refractivity contribution in [1.29, 1.82) is 0 Å². The molecule has 4 aromatic rings. The van der Waals surface area contributed by atoms with E-state index in [2.05, 4.69) is 23.0 Å². The monoisotopic (exact) mass is 466 g/mol. The number of fused-ring (bicyclic) bond motifs is 3. The van der Waals surface area contributed by atoms with Gasteiger partial charge in [-0.05, 0) is 42.9 Å². The molecule has 1 aliphatic carbocycles. The molecule has 0 saturated heterocycles. The van der Waals surface area contributed by atoms with Crippen molar-refractivity contribution in [2.75, 3.05) is 4.90 Å². The average Bonchev–Trinajstić information content (AvgIpc) is 3.49. The van der Waals surface area contributed by atoms with E-state index in [0.29, 0.717) is 10.9 Å². The van der Waals surface area contributed by atoms with Crippen molar-refractivity contribution < 1.29 is 4.79 Å². The van der Waals surface area contributed by atoms with Crippen molar-refractivity contribution in [3.63, 3.8) is 0 Å². The first-order chi connectivity index (χ1) is 15.2. The third-order valence-electron chi connectivity index (χ3n) is 5.48. The summed E-state index contributed by atoms with van der Waals surface area (Å²) in [7, 11) is 0. The molecule has 5 nitrogen and oxygen atoms in total. The summed E-state index contributed by atoms with van der Waals surface area (Å²) in [4.78, 5) is 30.7. The van der Waals surface area contributed by atoms with Crippen molar-refractivity contribution in [2.24, 2.45) is 0 Å². The van der Waals surface area contributed by atoms with Gasteiger partial charge in [-0.1, -0.05) is 36.9 Å². The fourth-order valence-electron chi connectivity index (χ4n) is 4.05. The van der Waals surface area contributed by atoms with E-state index in [9.17, 15) is 4.79 Å². The minimum absolute atomic E-state index is 0.0270. The number of aromatic nitrogens is 3. The Hall–Kier alpha value is -2.29. The van der Waals surface area contributed by atoms with E-state index in [1.54, 1.807) is 29.9 Å². The normalized spacial score (nSPS) is 13.0. The van der Waals surface area contributed by atoms with Gasteiger partial charge in [-0.2, -0.15) is 0 Å². The van der Waals surface area contributed by atoms with Gasteiger partial charge in [-0.15, -0.1) is 22.7 Å². The van der Waals surface area contributed by atoms with Crippen molar-refractivity contribution in [2.45, 2.75) is 50.3 Å². The highest BCUT2D eigenvalue weighted by Gasteiger charge is 2.23. The van der Waals surface area contributed by atoms with Crippen LogP contribution in [0.3, 0.4) is 0 Å². The number of para-hydroxylation sites is 1. The van der Waals surface area contributed by atoms with Gasteiger partial charge >= 0.3 is 0 Å². The summed E-state index contributed by atoms with van der Waals surface area (Å²) in [5.74, 6) is 0.690. The Morgan fingerprint density at radius 2 is 2.10 bits per heavy atom. The SMILES string of the molecule is CCc1ccccc1N(C(C)=O)c1nc(CSc2ncnc3sc4c(c23)CCC4)cs1. The van der Waals surface area contributed by atoms with Crippen LogP contribution in [0.5, 0.6) is 0 Å². The van der Waals surface area contributed by atoms with E-state index < -0.39 is 0 Å². The molecule has 1 amide bonds. The number of rotatable bonds is 6. The third-order valence-corrected chi connectivity index (χ3v) is 8.58. The number of benzene rings is 1. The van der Waals surface area contributed by atoms with Gasteiger partial charge < -0.3 is 0 Å². The predicted octanol–water partition coefficient (Wildman–Crippen LogP) is 6.18. The van der Waals surface area contributed by atoms with Crippen LogP contribution in [0.4, 0.5) is 10.8 Å². The number of nitrogens with zero attached hydrogens (tertiary/aromatic N) is 4. The van der Waals surface area contributed by atoms with Gasteiger partial charge in [0.05, 0.1) is 11.4 Å². The number of amides is 1. The molecule has 0 radical (unpaired) electrons. The van der Waals surface area contributed by atoms with Gasteiger partial charge in [0.1, 0.15) is 16.2 Å². The first-order valence-corrected chi connectivity index (χ1v) is 13.0. The largest absolute Gasteiger partial charge is 0.274 e. The second kappa shape index (κ2) is 8.68. The molecule has 3 heterocycles. The van der Waals surface area contributed by atoms with E-state index in [1.807, 2.05) is 34.9 Å². The number of thiophene rings is 1. The molecule has 3 aromatic heterocycles. The van der Waals surface area contributed by atoms with Crippen LogP contribution < -0.4 is 4.90 Å². The Morgan fingerprint density at radius 3 is 2.94 bits per heavy atom. The van der Waals surface area contributed by atoms with Gasteiger partial charge in [0, 0.05) is 28.3 Å². The van der Waals surface area contributed by atoms with E-state index in [-0.39, 0.29) is 5.91 Å². The van der Waals surface area contributed by atoms with Crippen LogP contribution in [0.25, 0.3) is 10.2 Å². The summed E-state index contributed by atoms with van der Waals surface area (Å²) in [6.07, 6.45) is 6.05. The molecule has 1 aromatic carbocycles. The molecule has 0 saturated carbocycles. The van der Waals surface area contributed by atoms with Crippen LogP contribution in [-0.4, -0.2) is 20.9 Å². The van der Waals surface area contributed by atoms with Gasteiger partial charge in [0.15, 0.2) is 5.13 Å². The summed E-state index contributed by atoms with van der Waals surface area (Å²) in [5.41, 5.74) is 4.46. The maximum Gasteiger partial charge on any atom is 0.230 e. The lowest BCUT2D eigenvalue weighted by atomic mass is 10.1. The fraction of sp³-hybridized carbons (Fsp3) is 0.304. The number of hydrogen-bond donors (Lipinski definition) is 0.